The number of unbranched alkanes of at least 4 members (excludes halogenated alkanes) is 3. The van der Waals surface area contributed by atoms with E-state index in [0.29, 0.717) is 13.2 Å². The van der Waals surface area contributed by atoms with Gasteiger partial charge in [-0.2, -0.15) is 0 Å². The van der Waals surface area contributed by atoms with Crippen LogP contribution in [0.25, 0.3) is 0 Å². The van der Waals surface area contributed by atoms with Gasteiger partial charge in [0.25, 0.3) is 0 Å². The van der Waals surface area contributed by atoms with Gasteiger partial charge in [-0.15, -0.1) is 23.1 Å². The number of hydrogen-bond donors (Lipinski definition) is 0. The largest absolute Gasteiger partial charge is 0.485 e. The molecule has 1 aromatic rings. The van der Waals surface area contributed by atoms with Crippen molar-refractivity contribution in [2.45, 2.75) is 36.8 Å². The van der Waals surface area contributed by atoms with Gasteiger partial charge in [-0.05, 0) is 12.2 Å². The monoisotopic (exact) mass is 258 g/mol. The van der Waals surface area contributed by atoms with Gasteiger partial charge in [0.15, 0.2) is 11.5 Å². The third-order valence-electron chi connectivity index (χ3n) is 2.50. The third-order valence-corrected chi connectivity index (χ3v) is 4.81. The molecule has 1 aromatic heterocycles. The fraction of sp³-hybridized carbons (Fsp3) is 0.667. The first-order chi connectivity index (χ1) is 7.92. The number of thioether (sulfide) groups is 1. The van der Waals surface area contributed by atoms with Crippen LogP contribution in [0.15, 0.2) is 9.59 Å². The summed E-state index contributed by atoms with van der Waals surface area (Å²) in [4.78, 5) is 0. The molecule has 0 unspecified atom stereocenters. The van der Waals surface area contributed by atoms with E-state index in [1.807, 2.05) is 11.8 Å². The molecule has 2 rings (SSSR count). The fourth-order valence-corrected chi connectivity index (χ4v) is 3.78. The number of rotatable bonds is 6. The van der Waals surface area contributed by atoms with Crippen molar-refractivity contribution in [2.24, 2.45) is 0 Å². The van der Waals surface area contributed by atoms with Crippen LogP contribution in [0.3, 0.4) is 0 Å². The van der Waals surface area contributed by atoms with Gasteiger partial charge in [-0.25, -0.2) is 0 Å². The maximum Gasteiger partial charge on any atom is 0.185 e. The minimum absolute atomic E-state index is 0.685. The van der Waals surface area contributed by atoms with Crippen molar-refractivity contribution in [1.29, 1.82) is 0 Å². The highest BCUT2D eigenvalue weighted by Gasteiger charge is 2.18. The Morgan fingerprint density at radius 3 is 3.00 bits per heavy atom. The third kappa shape index (κ3) is 3.08. The second-order valence-corrected chi connectivity index (χ2v) is 6.07. The van der Waals surface area contributed by atoms with Crippen molar-refractivity contribution in [3.63, 3.8) is 0 Å². The lowest BCUT2D eigenvalue weighted by molar-refractivity contribution is 0.170. The molecule has 0 bridgehead atoms. The van der Waals surface area contributed by atoms with E-state index in [1.54, 1.807) is 11.3 Å². The molecule has 0 spiro atoms. The van der Waals surface area contributed by atoms with Gasteiger partial charge < -0.3 is 9.47 Å². The Morgan fingerprint density at radius 2 is 2.12 bits per heavy atom. The van der Waals surface area contributed by atoms with Crippen LogP contribution >= 0.6 is 23.1 Å². The zero-order valence-corrected chi connectivity index (χ0v) is 11.3. The van der Waals surface area contributed by atoms with Crippen LogP contribution in [0.2, 0.25) is 0 Å². The van der Waals surface area contributed by atoms with E-state index < -0.39 is 0 Å². The number of thiophene rings is 1. The number of fused-ring (bicyclic) bond motifs is 1. The molecular weight excluding hydrogens is 240 g/mol. The molecule has 0 amide bonds. The molecule has 2 heterocycles. The molecule has 0 N–H and O–H groups in total. The minimum Gasteiger partial charge on any atom is -0.485 e. The molecule has 1 aliphatic rings. The summed E-state index contributed by atoms with van der Waals surface area (Å²) in [6, 6.07) is 0. The normalized spacial score (nSPS) is 14.1. The Bertz CT molecular complexity index is 323. The van der Waals surface area contributed by atoms with Crippen molar-refractivity contribution in [1.82, 2.24) is 0 Å². The topological polar surface area (TPSA) is 18.5 Å². The van der Waals surface area contributed by atoms with Crippen LogP contribution < -0.4 is 9.47 Å². The van der Waals surface area contributed by atoms with Crippen LogP contribution in [0.5, 0.6) is 11.5 Å². The van der Waals surface area contributed by atoms with Gasteiger partial charge in [-0.1, -0.05) is 26.2 Å². The molecule has 0 aromatic carbocycles. The molecule has 0 aliphatic carbocycles. The summed E-state index contributed by atoms with van der Waals surface area (Å²) in [6.45, 7) is 3.62. The lowest BCUT2D eigenvalue weighted by atomic mass is 10.2. The van der Waals surface area contributed by atoms with Crippen LogP contribution in [0.4, 0.5) is 0 Å². The van der Waals surface area contributed by atoms with E-state index >= 15 is 0 Å². The van der Waals surface area contributed by atoms with E-state index in [-0.39, 0.29) is 0 Å². The highest BCUT2D eigenvalue weighted by Crippen LogP contribution is 2.45. The second-order valence-electron chi connectivity index (χ2n) is 3.82. The van der Waals surface area contributed by atoms with Crippen molar-refractivity contribution in [3.8, 4) is 11.5 Å². The van der Waals surface area contributed by atoms with Gasteiger partial charge in [0, 0.05) is 5.38 Å². The molecule has 16 heavy (non-hydrogen) atoms. The molecule has 1 aliphatic heterocycles. The zero-order chi connectivity index (χ0) is 11.2. The SMILES string of the molecule is CCCCCCSc1scc2c1OCCO2. The summed E-state index contributed by atoms with van der Waals surface area (Å²) < 4.78 is 12.4. The number of ether oxygens (including phenoxy) is 2. The lowest BCUT2D eigenvalue weighted by Crippen LogP contribution is -2.14. The Labute approximate surface area is 105 Å². The average Bonchev–Trinajstić information content (AvgIpc) is 2.73. The highest BCUT2D eigenvalue weighted by atomic mass is 32.2. The quantitative estimate of drug-likeness (QED) is 0.563. The van der Waals surface area contributed by atoms with Crippen LogP contribution in [-0.2, 0) is 0 Å². The summed E-state index contributed by atoms with van der Waals surface area (Å²) in [5.41, 5.74) is 0. The van der Waals surface area contributed by atoms with Crippen LogP contribution in [0, 0.1) is 0 Å². The van der Waals surface area contributed by atoms with Gasteiger partial charge in [0.2, 0.25) is 0 Å². The molecule has 0 saturated carbocycles. The molecule has 0 saturated heterocycles. The molecule has 0 fully saturated rings. The van der Waals surface area contributed by atoms with Crippen molar-refractivity contribution in [2.75, 3.05) is 19.0 Å². The van der Waals surface area contributed by atoms with E-state index in [1.165, 1.54) is 35.6 Å². The van der Waals surface area contributed by atoms with Gasteiger partial charge in [-0.3, -0.25) is 0 Å². The predicted molar refractivity (Wildman–Crippen MR) is 70.2 cm³/mol. The molecule has 0 radical (unpaired) electrons. The Balaban J connectivity index is 1.78. The summed E-state index contributed by atoms with van der Waals surface area (Å²) in [6.07, 6.45) is 5.29. The van der Waals surface area contributed by atoms with Crippen molar-refractivity contribution in [3.05, 3.63) is 5.38 Å². The second kappa shape index (κ2) is 6.40. The maximum atomic E-state index is 5.64. The van der Waals surface area contributed by atoms with E-state index in [0.717, 1.165) is 11.5 Å². The summed E-state index contributed by atoms with van der Waals surface area (Å²) >= 11 is 3.65. The minimum atomic E-state index is 0.685. The molecule has 90 valence electrons. The Hall–Kier alpha value is -0.350. The van der Waals surface area contributed by atoms with Gasteiger partial charge >= 0.3 is 0 Å². The fourth-order valence-electron chi connectivity index (χ4n) is 1.63. The predicted octanol–water partition coefficient (Wildman–Crippen LogP) is 4.19. The summed E-state index contributed by atoms with van der Waals surface area (Å²) in [7, 11) is 0. The van der Waals surface area contributed by atoms with E-state index in [2.05, 4.69) is 12.3 Å². The molecule has 0 atom stereocenters. The molecule has 2 nitrogen and oxygen atoms in total. The molecular formula is C12H18O2S2. The first-order valence-electron chi connectivity index (χ1n) is 5.91. The lowest BCUT2D eigenvalue weighted by Gasteiger charge is -2.15. The summed E-state index contributed by atoms with van der Waals surface area (Å²) in [5, 5.41) is 2.06. The zero-order valence-electron chi connectivity index (χ0n) is 9.66. The van der Waals surface area contributed by atoms with Gasteiger partial charge in [0.05, 0.1) is 0 Å². The summed E-state index contributed by atoms with van der Waals surface area (Å²) in [5.74, 6) is 3.11. The smallest absolute Gasteiger partial charge is 0.185 e. The van der Waals surface area contributed by atoms with Gasteiger partial charge in [0.1, 0.15) is 17.4 Å². The standard InChI is InChI=1S/C12H18O2S2/c1-2-3-4-5-8-15-12-11-10(9-16-12)13-6-7-14-11/h9H,2-8H2,1H3. The first kappa shape index (κ1) is 12.1. The number of hydrogen-bond acceptors (Lipinski definition) is 4. The highest BCUT2D eigenvalue weighted by molar-refractivity contribution is 8.01. The van der Waals surface area contributed by atoms with E-state index in [9.17, 15) is 0 Å². The van der Waals surface area contributed by atoms with E-state index in [4.69, 9.17) is 9.47 Å². The maximum absolute atomic E-state index is 5.64. The molecule has 4 heteroatoms. The van der Waals surface area contributed by atoms with Crippen molar-refractivity contribution < 1.29 is 9.47 Å². The Morgan fingerprint density at radius 1 is 1.25 bits per heavy atom. The van der Waals surface area contributed by atoms with Crippen molar-refractivity contribution >= 4 is 23.1 Å². The average molecular weight is 258 g/mol. The van der Waals surface area contributed by atoms with Crippen LogP contribution in [-0.4, -0.2) is 19.0 Å². The first-order valence-corrected chi connectivity index (χ1v) is 7.78. The van der Waals surface area contributed by atoms with Crippen LogP contribution in [0.1, 0.15) is 32.6 Å². The Kier molecular flexibility index (Phi) is 4.85.